The van der Waals surface area contributed by atoms with E-state index in [4.69, 9.17) is 0 Å². The topological polar surface area (TPSA) is 17.1 Å². The Hall–Kier alpha value is -0.590. The lowest BCUT2D eigenvalue weighted by Crippen LogP contribution is -1.86. The van der Waals surface area contributed by atoms with E-state index in [9.17, 15) is 4.79 Å². The largest absolute Gasteiger partial charge is 0.298 e. The molecular formula is C8H14O. The van der Waals surface area contributed by atoms with Gasteiger partial charge in [-0.2, -0.15) is 0 Å². The van der Waals surface area contributed by atoms with Crippen molar-refractivity contribution < 1.29 is 4.79 Å². The van der Waals surface area contributed by atoms with E-state index in [0.29, 0.717) is 5.92 Å². The van der Waals surface area contributed by atoms with Crippen LogP contribution in [0.1, 0.15) is 27.2 Å². The summed E-state index contributed by atoms with van der Waals surface area (Å²) in [6.07, 6.45) is 3.77. The summed E-state index contributed by atoms with van der Waals surface area (Å²) in [5.41, 5.74) is 0.907. The van der Waals surface area contributed by atoms with Crippen LogP contribution in [0.4, 0.5) is 0 Å². The van der Waals surface area contributed by atoms with Gasteiger partial charge in [-0.05, 0) is 17.9 Å². The lowest BCUT2D eigenvalue weighted by molar-refractivity contribution is -0.105. The smallest absolute Gasteiger partial charge is 0.145 e. The summed E-state index contributed by atoms with van der Waals surface area (Å²) in [5, 5.41) is 0. The summed E-state index contributed by atoms with van der Waals surface area (Å²) in [6, 6.07) is 0. The third-order valence-electron chi connectivity index (χ3n) is 1.11. The number of carbonyl (C=O) groups is 1. The number of hydrogen-bond donors (Lipinski definition) is 0. The third-order valence-corrected chi connectivity index (χ3v) is 1.11. The molecule has 0 saturated carbocycles. The van der Waals surface area contributed by atoms with Crippen LogP contribution in [-0.4, -0.2) is 6.29 Å². The highest BCUT2D eigenvalue weighted by atomic mass is 16.1. The number of hydrogen-bond acceptors (Lipinski definition) is 1. The molecule has 1 heteroatoms. The number of allylic oxidation sites excluding steroid dienone is 2. The van der Waals surface area contributed by atoms with E-state index in [1.54, 1.807) is 0 Å². The number of aldehydes is 1. The van der Waals surface area contributed by atoms with Crippen LogP contribution in [0.3, 0.4) is 0 Å². The molecule has 0 aromatic heterocycles. The second kappa shape index (κ2) is 4.30. The molecule has 0 fully saturated rings. The first-order chi connectivity index (χ1) is 4.20. The molecule has 0 aliphatic carbocycles. The Balaban J connectivity index is 3.90. The van der Waals surface area contributed by atoms with Crippen molar-refractivity contribution in [3.8, 4) is 0 Å². The van der Waals surface area contributed by atoms with Gasteiger partial charge < -0.3 is 0 Å². The van der Waals surface area contributed by atoms with Crippen molar-refractivity contribution in [3.63, 3.8) is 0 Å². The molecule has 0 aliphatic rings. The summed E-state index contributed by atoms with van der Waals surface area (Å²) in [5.74, 6) is 0.491. The van der Waals surface area contributed by atoms with Crippen molar-refractivity contribution in [3.05, 3.63) is 11.6 Å². The van der Waals surface area contributed by atoms with Crippen molar-refractivity contribution in [2.75, 3.05) is 0 Å². The molecule has 0 bridgehead atoms. The minimum Gasteiger partial charge on any atom is -0.298 e. The van der Waals surface area contributed by atoms with Gasteiger partial charge in [-0.1, -0.05) is 26.8 Å². The van der Waals surface area contributed by atoms with E-state index < -0.39 is 0 Å². The summed E-state index contributed by atoms with van der Waals surface area (Å²) in [7, 11) is 0. The van der Waals surface area contributed by atoms with Gasteiger partial charge in [0.25, 0.3) is 0 Å². The van der Waals surface area contributed by atoms with Crippen molar-refractivity contribution in [2.45, 2.75) is 27.2 Å². The van der Waals surface area contributed by atoms with Gasteiger partial charge in [0.2, 0.25) is 0 Å². The van der Waals surface area contributed by atoms with Crippen molar-refractivity contribution in [1.82, 2.24) is 0 Å². The predicted octanol–water partition coefficient (Wildman–Crippen LogP) is 2.18. The van der Waals surface area contributed by atoms with Gasteiger partial charge in [0.05, 0.1) is 0 Å². The van der Waals surface area contributed by atoms with Crippen LogP contribution in [0.15, 0.2) is 11.6 Å². The van der Waals surface area contributed by atoms with Gasteiger partial charge in [-0.3, -0.25) is 4.79 Å². The van der Waals surface area contributed by atoms with Gasteiger partial charge in [-0.25, -0.2) is 0 Å². The molecule has 0 unspecified atom stereocenters. The van der Waals surface area contributed by atoms with E-state index in [-0.39, 0.29) is 0 Å². The monoisotopic (exact) mass is 126 g/mol. The normalized spacial score (nSPS) is 12.2. The highest BCUT2D eigenvalue weighted by molar-refractivity contribution is 5.72. The van der Waals surface area contributed by atoms with Crippen LogP contribution >= 0.6 is 0 Å². The molecule has 0 spiro atoms. The van der Waals surface area contributed by atoms with Gasteiger partial charge in [-0.15, -0.1) is 0 Å². The Bertz CT molecular complexity index is 112. The molecule has 52 valence electrons. The second-order valence-electron chi connectivity index (χ2n) is 2.46. The van der Waals surface area contributed by atoms with Crippen LogP contribution in [0.2, 0.25) is 0 Å². The fourth-order valence-corrected chi connectivity index (χ4v) is 0.669. The average Bonchev–Trinajstić information content (AvgIpc) is 1.82. The third kappa shape index (κ3) is 3.95. The molecule has 0 heterocycles. The second-order valence-corrected chi connectivity index (χ2v) is 2.46. The standard InChI is InChI=1S/C8H14O/c1-4-8(6-9)5-7(2)3/h5-7H,4H2,1-3H3/b8-5+. The SMILES string of the molecule is CC/C(C=O)=C\C(C)C. The van der Waals surface area contributed by atoms with Gasteiger partial charge >= 0.3 is 0 Å². The van der Waals surface area contributed by atoms with Gasteiger partial charge in [0, 0.05) is 0 Å². The molecule has 0 N–H and O–H groups in total. The number of rotatable bonds is 3. The molecule has 0 rings (SSSR count). The summed E-state index contributed by atoms with van der Waals surface area (Å²) >= 11 is 0. The summed E-state index contributed by atoms with van der Waals surface area (Å²) in [6.45, 7) is 6.13. The molecule has 0 saturated heterocycles. The Labute approximate surface area is 56.8 Å². The maximum atomic E-state index is 10.2. The van der Waals surface area contributed by atoms with Crippen LogP contribution < -0.4 is 0 Å². The Morgan fingerprint density at radius 3 is 2.22 bits per heavy atom. The first-order valence-electron chi connectivity index (χ1n) is 3.36. The zero-order valence-electron chi connectivity index (χ0n) is 6.35. The van der Waals surface area contributed by atoms with E-state index in [0.717, 1.165) is 18.3 Å². The van der Waals surface area contributed by atoms with E-state index >= 15 is 0 Å². The van der Waals surface area contributed by atoms with Crippen LogP contribution in [-0.2, 0) is 4.79 Å². The molecule has 0 atom stereocenters. The molecule has 0 aromatic carbocycles. The Morgan fingerprint density at radius 1 is 1.56 bits per heavy atom. The van der Waals surface area contributed by atoms with Gasteiger partial charge in [0.15, 0.2) is 0 Å². The lowest BCUT2D eigenvalue weighted by Gasteiger charge is -1.96. The van der Waals surface area contributed by atoms with Crippen molar-refractivity contribution in [2.24, 2.45) is 5.92 Å². The summed E-state index contributed by atoms with van der Waals surface area (Å²) in [4.78, 5) is 10.2. The first kappa shape index (κ1) is 8.41. The molecule has 9 heavy (non-hydrogen) atoms. The van der Waals surface area contributed by atoms with Crippen LogP contribution in [0, 0.1) is 5.92 Å². The highest BCUT2D eigenvalue weighted by Crippen LogP contribution is 2.02. The minimum atomic E-state index is 0.491. The van der Waals surface area contributed by atoms with E-state index in [1.165, 1.54) is 0 Å². The first-order valence-corrected chi connectivity index (χ1v) is 3.36. The Morgan fingerprint density at radius 2 is 2.11 bits per heavy atom. The highest BCUT2D eigenvalue weighted by Gasteiger charge is 1.91. The molecule has 0 amide bonds. The summed E-state index contributed by atoms with van der Waals surface area (Å²) < 4.78 is 0. The quantitative estimate of drug-likeness (QED) is 0.418. The molecule has 0 aromatic rings. The zero-order valence-corrected chi connectivity index (χ0v) is 6.35. The predicted molar refractivity (Wildman–Crippen MR) is 39.3 cm³/mol. The van der Waals surface area contributed by atoms with E-state index in [1.807, 2.05) is 13.0 Å². The maximum Gasteiger partial charge on any atom is 0.145 e. The molecule has 0 radical (unpaired) electrons. The van der Waals surface area contributed by atoms with Gasteiger partial charge in [0.1, 0.15) is 6.29 Å². The number of carbonyl (C=O) groups excluding carboxylic acids is 1. The average molecular weight is 126 g/mol. The van der Waals surface area contributed by atoms with Crippen LogP contribution in [0.5, 0.6) is 0 Å². The molecule has 0 aliphatic heterocycles. The maximum absolute atomic E-state index is 10.2. The zero-order chi connectivity index (χ0) is 7.28. The fraction of sp³-hybridized carbons (Fsp3) is 0.625. The minimum absolute atomic E-state index is 0.491. The van der Waals surface area contributed by atoms with Crippen molar-refractivity contribution >= 4 is 6.29 Å². The molecular weight excluding hydrogens is 112 g/mol. The molecule has 1 nitrogen and oxygen atoms in total. The lowest BCUT2D eigenvalue weighted by atomic mass is 10.1. The van der Waals surface area contributed by atoms with Crippen molar-refractivity contribution in [1.29, 1.82) is 0 Å². The van der Waals surface area contributed by atoms with E-state index in [2.05, 4.69) is 13.8 Å². The fourth-order valence-electron chi connectivity index (χ4n) is 0.669. The Kier molecular flexibility index (Phi) is 4.02. The van der Waals surface area contributed by atoms with Crippen LogP contribution in [0.25, 0.3) is 0 Å².